The van der Waals surface area contributed by atoms with Crippen LogP contribution in [0.2, 0.25) is 10.0 Å². The van der Waals surface area contributed by atoms with E-state index in [2.05, 4.69) is 9.82 Å². The van der Waals surface area contributed by atoms with Gasteiger partial charge in [-0.3, -0.25) is 9.40 Å². The summed E-state index contributed by atoms with van der Waals surface area (Å²) in [6.07, 6.45) is 1.53. The van der Waals surface area contributed by atoms with Crippen LogP contribution in [0.5, 0.6) is 0 Å². The highest BCUT2D eigenvalue weighted by molar-refractivity contribution is 7.92. The summed E-state index contributed by atoms with van der Waals surface area (Å²) in [7, 11) is -3.95. The Bertz CT molecular complexity index is 1240. The van der Waals surface area contributed by atoms with Crippen molar-refractivity contribution in [3.8, 4) is 10.6 Å². The number of nitrogens with zero attached hydrogens (tertiary/aromatic N) is 2. The number of benzene rings is 2. The summed E-state index contributed by atoms with van der Waals surface area (Å²) in [5.41, 5.74) is 1.62. The maximum absolute atomic E-state index is 13.2. The number of thiophene rings is 1. The first-order valence-electron chi connectivity index (χ1n) is 8.55. The second-order valence-electron chi connectivity index (χ2n) is 6.23. The van der Waals surface area contributed by atoms with E-state index < -0.39 is 10.0 Å². The van der Waals surface area contributed by atoms with Gasteiger partial charge in [0.15, 0.2) is 0 Å². The Morgan fingerprint density at radius 3 is 2.55 bits per heavy atom. The quantitative estimate of drug-likeness (QED) is 0.394. The van der Waals surface area contributed by atoms with Crippen molar-refractivity contribution in [1.29, 1.82) is 0 Å². The number of halogens is 2. The molecule has 9 heteroatoms. The molecule has 0 saturated heterocycles. The van der Waals surface area contributed by atoms with Crippen LogP contribution >= 0.6 is 34.5 Å². The molecule has 148 valence electrons. The van der Waals surface area contributed by atoms with Crippen molar-refractivity contribution in [2.45, 2.75) is 11.4 Å². The third-order valence-corrected chi connectivity index (χ3v) is 6.94. The molecule has 4 aromatic rings. The summed E-state index contributed by atoms with van der Waals surface area (Å²) in [5, 5.41) is 7.06. The molecule has 0 atom stereocenters. The second-order valence-corrected chi connectivity index (χ2v) is 9.67. The normalized spacial score (nSPS) is 11.5. The average molecular weight is 464 g/mol. The Kier molecular flexibility index (Phi) is 5.65. The molecular weight excluding hydrogens is 449 g/mol. The number of anilines is 1. The number of nitrogens with one attached hydrogen (secondary N) is 1. The Morgan fingerprint density at radius 2 is 1.83 bits per heavy atom. The average Bonchev–Trinajstić information content (AvgIpc) is 3.35. The highest BCUT2D eigenvalue weighted by Crippen LogP contribution is 2.33. The van der Waals surface area contributed by atoms with E-state index in [0.717, 1.165) is 10.4 Å². The minimum Gasteiger partial charge on any atom is -0.278 e. The zero-order chi connectivity index (χ0) is 20.4. The van der Waals surface area contributed by atoms with E-state index in [0.29, 0.717) is 17.3 Å². The lowest BCUT2D eigenvalue weighted by Gasteiger charge is -2.09. The molecular formula is C20H15Cl2N3O2S2. The van der Waals surface area contributed by atoms with Crippen molar-refractivity contribution in [3.05, 3.63) is 87.8 Å². The van der Waals surface area contributed by atoms with Gasteiger partial charge in [-0.15, -0.1) is 11.3 Å². The van der Waals surface area contributed by atoms with Crippen molar-refractivity contribution < 1.29 is 8.42 Å². The minimum atomic E-state index is -3.95. The van der Waals surface area contributed by atoms with Gasteiger partial charge >= 0.3 is 0 Å². The largest absolute Gasteiger partial charge is 0.278 e. The van der Waals surface area contributed by atoms with Crippen LogP contribution in [0.4, 0.5) is 5.69 Å². The zero-order valence-electron chi connectivity index (χ0n) is 14.9. The number of aromatic nitrogens is 2. The summed E-state index contributed by atoms with van der Waals surface area (Å²) in [4.78, 5) is 0.835. The summed E-state index contributed by atoms with van der Waals surface area (Å²) in [6, 6.07) is 18.0. The molecule has 0 aliphatic heterocycles. The number of rotatable bonds is 6. The molecule has 0 amide bonds. The maximum atomic E-state index is 13.2. The molecule has 0 aliphatic carbocycles. The van der Waals surface area contributed by atoms with Crippen LogP contribution < -0.4 is 4.72 Å². The minimum absolute atomic E-state index is 0.0759. The fourth-order valence-corrected chi connectivity index (χ4v) is 5.23. The number of hydrogen-bond acceptors (Lipinski definition) is 4. The monoisotopic (exact) mass is 463 g/mol. The lowest BCUT2D eigenvalue weighted by Crippen LogP contribution is -2.13. The van der Waals surface area contributed by atoms with E-state index in [4.69, 9.17) is 23.2 Å². The molecule has 0 radical (unpaired) electrons. The fourth-order valence-electron chi connectivity index (χ4n) is 2.81. The van der Waals surface area contributed by atoms with E-state index in [-0.39, 0.29) is 15.6 Å². The molecule has 0 spiro atoms. The molecule has 2 aromatic carbocycles. The Morgan fingerprint density at radius 1 is 1.03 bits per heavy atom. The molecule has 2 aromatic heterocycles. The van der Waals surface area contributed by atoms with Crippen molar-refractivity contribution in [2.75, 3.05) is 4.72 Å². The van der Waals surface area contributed by atoms with Crippen molar-refractivity contribution in [2.24, 2.45) is 0 Å². The van der Waals surface area contributed by atoms with Gasteiger partial charge in [-0.25, -0.2) is 8.42 Å². The second kappa shape index (κ2) is 8.20. The third-order valence-electron chi connectivity index (χ3n) is 4.13. The van der Waals surface area contributed by atoms with Gasteiger partial charge in [0.05, 0.1) is 22.1 Å². The predicted octanol–water partition coefficient (Wildman–Crippen LogP) is 5.77. The molecule has 5 nitrogen and oxygen atoms in total. The summed E-state index contributed by atoms with van der Waals surface area (Å²) >= 11 is 13.6. The van der Waals surface area contributed by atoms with E-state index in [1.54, 1.807) is 16.8 Å². The van der Waals surface area contributed by atoms with Crippen LogP contribution in [0.15, 0.2) is 77.1 Å². The SMILES string of the molecule is O=S(=O)(Nc1cc(Cl)ccc1Cl)c1cn(Cc2ccccc2)nc1-c1cccs1. The van der Waals surface area contributed by atoms with Gasteiger partial charge in [0.25, 0.3) is 10.0 Å². The number of sulfonamides is 1. The van der Waals surface area contributed by atoms with E-state index in [1.807, 2.05) is 47.8 Å². The van der Waals surface area contributed by atoms with Gasteiger partial charge in [0.2, 0.25) is 0 Å². The van der Waals surface area contributed by atoms with Gasteiger partial charge in [0.1, 0.15) is 10.6 Å². The van der Waals surface area contributed by atoms with Crippen molar-refractivity contribution in [1.82, 2.24) is 9.78 Å². The van der Waals surface area contributed by atoms with Crippen LogP contribution in [0.1, 0.15) is 5.56 Å². The predicted molar refractivity (Wildman–Crippen MR) is 118 cm³/mol. The van der Waals surface area contributed by atoms with Crippen molar-refractivity contribution >= 4 is 50.2 Å². The molecule has 29 heavy (non-hydrogen) atoms. The molecule has 2 heterocycles. The fraction of sp³-hybridized carbons (Fsp3) is 0.0500. The van der Waals surface area contributed by atoms with Crippen LogP contribution in [-0.4, -0.2) is 18.2 Å². The molecule has 4 rings (SSSR count). The van der Waals surface area contributed by atoms with E-state index >= 15 is 0 Å². The standard InChI is InChI=1S/C20H15Cl2N3O2S2/c21-15-8-9-16(22)17(11-15)24-29(26,27)19-13-25(12-14-5-2-1-3-6-14)23-20(19)18-7-4-10-28-18/h1-11,13,24H,12H2. The van der Waals surface area contributed by atoms with Crippen LogP contribution in [-0.2, 0) is 16.6 Å². The highest BCUT2D eigenvalue weighted by atomic mass is 35.5. The highest BCUT2D eigenvalue weighted by Gasteiger charge is 2.25. The molecule has 0 saturated carbocycles. The summed E-state index contributed by atoms with van der Waals surface area (Å²) in [5.74, 6) is 0. The van der Waals surface area contributed by atoms with Gasteiger partial charge in [0, 0.05) is 11.2 Å². The van der Waals surface area contributed by atoms with Crippen molar-refractivity contribution in [3.63, 3.8) is 0 Å². The molecule has 0 fully saturated rings. The molecule has 1 N–H and O–H groups in total. The Labute approximate surface area is 182 Å². The van der Waals surface area contributed by atoms with Gasteiger partial charge in [-0.05, 0) is 35.2 Å². The lowest BCUT2D eigenvalue weighted by molar-refractivity contribution is 0.601. The Hall–Kier alpha value is -2.32. The number of hydrogen-bond donors (Lipinski definition) is 1. The topological polar surface area (TPSA) is 64.0 Å². The maximum Gasteiger partial charge on any atom is 0.265 e. The van der Waals surface area contributed by atoms with E-state index in [1.165, 1.54) is 23.6 Å². The zero-order valence-corrected chi connectivity index (χ0v) is 18.1. The van der Waals surface area contributed by atoms with Gasteiger partial charge in [-0.2, -0.15) is 5.10 Å². The smallest absolute Gasteiger partial charge is 0.265 e. The summed E-state index contributed by atoms with van der Waals surface area (Å²) in [6.45, 7) is 0.451. The first kappa shape index (κ1) is 20.0. The molecule has 0 bridgehead atoms. The third kappa shape index (κ3) is 4.48. The van der Waals surface area contributed by atoms with Crippen LogP contribution in [0.3, 0.4) is 0 Å². The van der Waals surface area contributed by atoms with Crippen LogP contribution in [0.25, 0.3) is 10.6 Å². The van der Waals surface area contributed by atoms with Gasteiger partial charge < -0.3 is 0 Å². The van der Waals surface area contributed by atoms with Crippen LogP contribution in [0, 0.1) is 0 Å². The Balaban J connectivity index is 1.75. The first-order valence-corrected chi connectivity index (χ1v) is 11.7. The van der Waals surface area contributed by atoms with Gasteiger partial charge in [-0.1, -0.05) is 59.6 Å². The molecule has 0 aliphatic rings. The summed E-state index contributed by atoms with van der Waals surface area (Å²) < 4.78 is 30.5. The lowest BCUT2D eigenvalue weighted by atomic mass is 10.2. The first-order chi connectivity index (χ1) is 13.9. The van der Waals surface area contributed by atoms with E-state index in [9.17, 15) is 8.42 Å². The molecule has 0 unspecified atom stereocenters.